The van der Waals surface area contributed by atoms with E-state index < -0.39 is 10.0 Å². The van der Waals surface area contributed by atoms with E-state index in [-0.39, 0.29) is 22.4 Å². The lowest BCUT2D eigenvalue weighted by molar-refractivity contribution is -0.0258. The number of aryl methyl sites for hydroxylation is 1. The van der Waals surface area contributed by atoms with E-state index in [0.29, 0.717) is 0 Å². The molecule has 1 unspecified atom stereocenters. The molecule has 6 nitrogen and oxygen atoms in total. The number of nitrogens with one attached hydrogen (secondary N) is 1. The van der Waals surface area contributed by atoms with Gasteiger partial charge in [-0.3, -0.25) is 9.63 Å². The van der Waals surface area contributed by atoms with E-state index in [1.165, 1.54) is 31.9 Å². The van der Waals surface area contributed by atoms with Gasteiger partial charge in [-0.15, -0.1) is 0 Å². The molecule has 0 saturated heterocycles. The lowest BCUT2D eigenvalue weighted by Crippen LogP contribution is -2.29. The van der Waals surface area contributed by atoms with Crippen LogP contribution in [0.2, 0.25) is 0 Å². The van der Waals surface area contributed by atoms with Crippen LogP contribution in [0.5, 0.6) is 0 Å². The van der Waals surface area contributed by atoms with E-state index >= 15 is 0 Å². The zero-order valence-corrected chi connectivity index (χ0v) is 19.1. The van der Waals surface area contributed by atoms with Gasteiger partial charge < -0.3 is 5.32 Å². The topological polar surface area (TPSA) is 75.7 Å². The Bertz CT molecular complexity index is 1120. The molecule has 3 aromatic rings. The minimum absolute atomic E-state index is 0.00478. The largest absolute Gasteiger partial charge is 0.345 e. The van der Waals surface area contributed by atoms with E-state index in [1.54, 1.807) is 12.1 Å². The Morgan fingerprint density at radius 2 is 1.62 bits per heavy atom. The molecule has 0 saturated carbocycles. The molecule has 3 aromatic carbocycles. The normalized spacial score (nSPS) is 12.5. The quantitative estimate of drug-likeness (QED) is 0.464. The fraction of sp³-hybridized carbons (Fsp3) is 0.240. The third kappa shape index (κ3) is 6.03. The van der Waals surface area contributed by atoms with Gasteiger partial charge >= 0.3 is 0 Å². The Morgan fingerprint density at radius 1 is 0.969 bits per heavy atom. The van der Waals surface area contributed by atoms with E-state index in [9.17, 15) is 13.2 Å². The fourth-order valence-electron chi connectivity index (χ4n) is 3.45. The third-order valence-corrected chi connectivity index (χ3v) is 6.97. The number of amides is 1. The number of sulfonamides is 1. The standard InChI is InChI=1S/C25H28N2O4S/c1-27(31-2)32(29,30)23-17-10-16-22(19-23)25(28)26-24(21-14-7-4-8-15-21)18-9-13-20-11-5-3-6-12-20/h3-8,10-12,14-17,19,24H,9,13,18H2,1-2H3,(H,26,28). The monoisotopic (exact) mass is 452 g/mol. The highest BCUT2D eigenvalue weighted by molar-refractivity contribution is 7.89. The fourth-order valence-corrected chi connectivity index (χ4v) is 4.47. The number of hydroxylamine groups is 1. The number of carbonyl (C=O) groups is 1. The number of rotatable bonds is 10. The van der Waals surface area contributed by atoms with Crippen molar-refractivity contribution < 1.29 is 18.0 Å². The van der Waals surface area contributed by atoms with Crippen LogP contribution in [-0.4, -0.2) is 33.0 Å². The molecule has 0 heterocycles. The summed E-state index contributed by atoms with van der Waals surface area (Å²) in [5, 5.41) is 3.08. The van der Waals surface area contributed by atoms with E-state index in [1.807, 2.05) is 48.5 Å². The molecule has 0 aliphatic carbocycles. The maximum absolute atomic E-state index is 13.0. The number of hydrogen-bond acceptors (Lipinski definition) is 4. The van der Waals surface area contributed by atoms with Crippen LogP contribution in [0, 0.1) is 0 Å². The van der Waals surface area contributed by atoms with Gasteiger partial charge in [-0.25, -0.2) is 8.42 Å². The van der Waals surface area contributed by atoms with Gasteiger partial charge in [-0.1, -0.05) is 71.2 Å². The average Bonchev–Trinajstić information content (AvgIpc) is 2.84. The Morgan fingerprint density at radius 3 is 2.28 bits per heavy atom. The van der Waals surface area contributed by atoms with Crippen molar-refractivity contribution in [1.29, 1.82) is 0 Å². The van der Waals surface area contributed by atoms with Gasteiger partial charge in [0.25, 0.3) is 15.9 Å². The van der Waals surface area contributed by atoms with Crippen molar-refractivity contribution in [3.8, 4) is 0 Å². The van der Waals surface area contributed by atoms with Crippen molar-refractivity contribution in [2.24, 2.45) is 0 Å². The highest BCUT2D eigenvalue weighted by Gasteiger charge is 2.23. The van der Waals surface area contributed by atoms with Gasteiger partial charge in [0.1, 0.15) is 0 Å². The highest BCUT2D eigenvalue weighted by atomic mass is 32.2. The molecular formula is C25H28N2O4S. The van der Waals surface area contributed by atoms with E-state index in [2.05, 4.69) is 17.4 Å². The van der Waals surface area contributed by atoms with Crippen LogP contribution in [0.1, 0.15) is 40.4 Å². The molecule has 0 aliphatic heterocycles. The van der Waals surface area contributed by atoms with Gasteiger partial charge in [-0.05, 0) is 48.6 Å². The van der Waals surface area contributed by atoms with Crippen LogP contribution in [-0.2, 0) is 21.3 Å². The predicted octanol–water partition coefficient (Wildman–Crippen LogP) is 4.36. The van der Waals surface area contributed by atoms with Gasteiger partial charge in [0.2, 0.25) is 0 Å². The van der Waals surface area contributed by atoms with Crippen LogP contribution in [0.15, 0.2) is 89.8 Å². The van der Waals surface area contributed by atoms with Crippen molar-refractivity contribution in [2.75, 3.05) is 14.2 Å². The van der Waals surface area contributed by atoms with E-state index in [0.717, 1.165) is 29.3 Å². The lowest BCUT2D eigenvalue weighted by atomic mass is 9.98. The van der Waals surface area contributed by atoms with Gasteiger partial charge in [0.15, 0.2) is 0 Å². The van der Waals surface area contributed by atoms with Crippen LogP contribution in [0.25, 0.3) is 0 Å². The second-order valence-corrected chi connectivity index (χ2v) is 9.38. The maximum Gasteiger partial charge on any atom is 0.264 e. The Hall–Kier alpha value is -3.00. The minimum atomic E-state index is -3.84. The van der Waals surface area contributed by atoms with Crippen LogP contribution < -0.4 is 5.32 Å². The first-order valence-corrected chi connectivity index (χ1v) is 11.9. The van der Waals surface area contributed by atoms with Crippen LogP contribution >= 0.6 is 0 Å². The summed E-state index contributed by atoms with van der Waals surface area (Å²) in [4.78, 5) is 17.8. The molecule has 0 fully saturated rings. The maximum atomic E-state index is 13.0. The van der Waals surface area contributed by atoms with Crippen molar-refractivity contribution in [1.82, 2.24) is 9.79 Å². The molecule has 0 radical (unpaired) electrons. The number of hydrogen-bond donors (Lipinski definition) is 1. The first kappa shape index (κ1) is 23.7. The molecule has 1 N–H and O–H groups in total. The average molecular weight is 453 g/mol. The second-order valence-electron chi connectivity index (χ2n) is 7.44. The molecule has 168 valence electrons. The molecule has 1 atom stereocenters. The number of carbonyl (C=O) groups excluding carboxylic acids is 1. The zero-order valence-electron chi connectivity index (χ0n) is 18.3. The Kier molecular flexibility index (Phi) is 8.16. The third-order valence-electron chi connectivity index (χ3n) is 5.30. The molecule has 3 rings (SSSR count). The SMILES string of the molecule is CON(C)S(=O)(=O)c1cccc(C(=O)NC(CCCc2ccccc2)c2ccccc2)c1. The summed E-state index contributed by atoms with van der Waals surface area (Å²) in [7, 11) is -1.26. The van der Waals surface area contributed by atoms with Crippen molar-refractivity contribution in [2.45, 2.75) is 30.2 Å². The smallest absolute Gasteiger partial charge is 0.264 e. The Labute approximate surface area is 189 Å². The second kappa shape index (κ2) is 11.0. The molecule has 1 amide bonds. The molecule has 32 heavy (non-hydrogen) atoms. The molecule has 0 aliphatic rings. The summed E-state index contributed by atoms with van der Waals surface area (Å²) in [6.45, 7) is 0. The number of benzene rings is 3. The minimum Gasteiger partial charge on any atom is -0.345 e. The molecule has 0 aromatic heterocycles. The van der Waals surface area contributed by atoms with Gasteiger partial charge in [0, 0.05) is 12.6 Å². The van der Waals surface area contributed by atoms with Gasteiger partial charge in [0.05, 0.1) is 18.0 Å². The number of nitrogens with zero attached hydrogens (tertiary/aromatic N) is 1. The zero-order chi connectivity index (χ0) is 23.0. The van der Waals surface area contributed by atoms with E-state index in [4.69, 9.17) is 4.84 Å². The highest BCUT2D eigenvalue weighted by Crippen LogP contribution is 2.22. The van der Waals surface area contributed by atoms with Crippen LogP contribution in [0.3, 0.4) is 0 Å². The van der Waals surface area contributed by atoms with Crippen LogP contribution in [0.4, 0.5) is 0 Å². The summed E-state index contributed by atoms with van der Waals surface area (Å²) < 4.78 is 25.8. The van der Waals surface area contributed by atoms with Crippen molar-refractivity contribution in [3.05, 3.63) is 102 Å². The summed E-state index contributed by atoms with van der Waals surface area (Å²) in [5.74, 6) is -0.323. The molecule has 0 bridgehead atoms. The first-order valence-electron chi connectivity index (χ1n) is 10.4. The lowest BCUT2D eigenvalue weighted by Gasteiger charge is -2.20. The molecule has 7 heteroatoms. The Balaban J connectivity index is 1.76. The summed E-state index contributed by atoms with van der Waals surface area (Å²) >= 11 is 0. The van der Waals surface area contributed by atoms with Gasteiger partial charge in [-0.2, -0.15) is 0 Å². The summed E-state index contributed by atoms with van der Waals surface area (Å²) in [6, 6.07) is 25.8. The van der Waals surface area contributed by atoms with Crippen molar-refractivity contribution >= 4 is 15.9 Å². The molecular weight excluding hydrogens is 424 g/mol. The summed E-state index contributed by atoms with van der Waals surface area (Å²) in [6.07, 6.45) is 2.57. The molecule has 0 spiro atoms. The first-order chi connectivity index (χ1) is 15.4. The predicted molar refractivity (Wildman–Crippen MR) is 124 cm³/mol. The summed E-state index contributed by atoms with van der Waals surface area (Å²) in [5.41, 5.74) is 2.54. The van der Waals surface area contributed by atoms with Crippen molar-refractivity contribution in [3.63, 3.8) is 0 Å².